The molecule has 0 radical (unpaired) electrons. The summed E-state index contributed by atoms with van der Waals surface area (Å²) in [6, 6.07) is 21.9. The number of rotatable bonds is 5. The van der Waals surface area contributed by atoms with Gasteiger partial charge in [-0.15, -0.1) is 0 Å². The standard InChI is InChI=1S/C25H22FN3O/c1-17-18(2)29(16-20-6-4-3-5-7-20)24-13-10-21(14-23(17)24)25(30)28-27-15-19-8-11-22(26)12-9-19/h3-15H,16H2,1-2H3,(H,28,30)/b27-15-. The van der Waals surface area contributed by atoms with E-state index in [2.05, 4.69) is 41.1 Å². The van der Waals surface area contributed by atoms with Crippen LogP contribution in [0.5, 0.6) is 0 Å². The number of carbonyl (C=O) groups excluding carboxylic acids is 1. The molecule has 5 heteroatoms. The Morgan fingerprint density at radius 1 is 1.03 bits per heavy atom. The summed E-state index contributed by atoms with van der Waals surface area (Å²) in [6.45, 7) is 4.96. The van der Waals surface area contributed by atoms with Crippen LogP contribution in [0.1, 0.15) is 32.7 Å². The molecular weight excluding hydrogens is 377 g/mol. The van der Waals surface area contributed by atoms with Gasteiger partial charge < -0.3 is 4.57 Å². The normalized spacial score (nSPS) is 11.3. The molecule has 3 aromatic carbocycles. The number of halogens is 1. The van der Waals surface area contributed by atoms with E-state index in [1.807, 2.05) is 36.4 Å². The predicted molar refractivity (Wildman–Crippen MR) is 118 cm³/mol. The first-order chi connectivity index (χ1) is 14.5. The van der Waals surface area contributed by atoms with E-state index in [-0.39, 0.29) is 11.7 Å². The van der Waals surface area contributed by atoms with Crippen LogP contribution in [0.4, 0.5) is 4.39 Å². The minimum Gasteiger partial charge on any atom is -0.340 e. The van der Waals surface area contributed by atoms with Crippen LogP contribution in [-0.4, -0.2) is 16.7 Å². The van der Waals surface area contributed by atoms with E-state index >= 15 is 0 Å². The van der Waals surface area contributed by atoms with Gasteiger partial charge in [-0.1, -0.05) is 42.5 Å². The number of aryl methyl sites for hydroxylation is 1. The quantitative estimate of drug-likeness (QED) is 0.363. The van der Waals surface area contributed by atoms with Crippen molar-refractivity contribution in [1.82, 2.24) is 9.99 Å². The third kappa shape index (κ3) is 4.01. The lowest BCUT2D eigenvalue weighted by molar-refractivity contribution is 0.0955. The van der Waals surface area contributed by atoms with Gasteiger partial charge >= 0.3 is 0 Å². The average molecular weight is 399 g/mol. The van der Waals surface area contributed by atoms with Gasteiger partial charge in [0.1, 0.15) is 5.82 Å². The summed E-state index contributed by atoms with van der Waals surface area (Å²) < 4.78 is 15.2. The number of hydrazone groups is 1. The molecule has 0 aliphatic carbocycles. The molecule has 0 bridgehead atoms. The number of hydrogen-bond acceptors (Lipinski definition) is 2. The summed E-state index contributed by atoms with van der Waals surface area (Å²) in [6.07, 6.45) is 1.49. The molecule has 0 atom stereocenters. The highest BCUT2D eigenvalue weighted by molar-refractivity contribution is 5.99. The molecule has 1 aromatic heterocycles. The fraction of sp³-hybridized carbons (Fsp3) is 0.120. The van der Waals surface area contributed by atoms with Crippen molar-refractivity contribution in [3.8, 4) is 0 Å². The van der Waals surface area contributed by atoms with Crippen LogP contribution in [0, 0.1) is 19.7 Å². The lowest BCUT2D eigenvalue weighted by Gasteiger charge is -2.09. The fourth-order valence-electron chi connectivity index (χ4n) is 3.54. The Balaban J connectivity index is 1.56. The Kier molecular flexibility index (Phi) is 5.44. The van der Waals surface area contributed by atoms with E-state index in [4.69, 9.17) is 0 Å². The van der Waals surface area contributed by atoms with Crippen molar-refractivity contribution in [3.63, 3.8) is 0 Å². The SMILES string of the molecule is Cc1c(C)n(Cc2ccccc2)c2ccc(C(=O)N/N=C\c3ccc(F)cc3)cc12. The Bertz CT molecular complexity index is 1220. The van der Waals surface area contributed by atoms with Crippen molar-refractivity contribution in [3.05, 3.63) is 107 Å². The Hall–Kier alpha value is -3.73. The Labute approximate surface area is 174 Å². The minimum atomic E-state index is -0.311. The Morgan fingerprint density at radius 2 is 1.77 bits per heavy atom. The van der Waals surface area contributed by atoms with Crippen molar-refractivity contribution >= 4 is 23.0 Å². The summed E-state index contributed by atoms with van der Waals surface area (Å²) in [5, 5.41) is 5.03. The average Bonchev–Trinajstić information content (AvgIpc) is 3.00. The largest absolute Gasteiger partial charge is 0.340 e. The van der Waals surface area contributed by atoms with Crippen molar-refractivity contribution < 1.29 is 9.18 Å². The van der Waals surface area contributed by atoms with Crippen LogP contribution in [0.3, 0.4) is 0 Å². The van der Waals surface area contributed by atoms with Crippen LogP contribution in [0.2, 0.25) is 0 Å². The molecule has 1 N–H and O–H groups in total. The number of nitrogens with one attached hydrogen (secondary N) is 1. The second-order valence-corrected chi connectivity index (χ2v) is 7.26. The zero-order chi connectivity index (χ0) is 21.1. The van der Waals surface area contributed by atoms with Gasteiger partial charge in [-0.3, -0.25) is 4.79 Å². The first-order valence-corrected chi connectivity index (χ1v) is 9.75. The molecule has 150 valence electrons. The van der Waals surface area contributed by atoms with Crippen molar-refractivity contribution in [2.24, 2.45) is 5.10 Å². The molecule has 0 aliphatic heterocycles. The van der Waals surface area contributed by atoms with Crippen LogP contribution in [0.25, 0.3) is 10.9 Å². The molecule has 4 nitrogen and oxygen atoms in total. The number of fused-ring (bicyclic) bond motifs is 1. The molecule has 1 heterocycles. The van der Waals surface area contributed by atoms with Gasteiger partial charge in [0.15, 0.2) is 0 Å². The molecule has 0 saturated carbocycles. The molecule has 1 amide bonds. The van der Waals surface area contributed by atoms with E-state index in [1.165, 1.54) is 29.6 Å². The monoisotopic (exact) mass is 399 g/mol. The third-order valence-electron chi connectivity index (χ3n) is 5.33. The van der Waals surface area contributed by atoms with Gasteiger partial charge in [0.2, 0.25) is 0 Å². The summed E-state index contributed by atoms with van der Waals surface area (Å²) in [7, 11) is 0. The number of nitrogens with zero attached hydrogens (tertiary/aromatic N) is 2. The molecule has 0 saturated heterocycles. The van der Waals surface area contributed by atoms with E-state index < -0.39 is 0 Å². The van der Waals surface area contributed by atoms with Crippen molar-refractivity contribution in [2.45, 2.75) is 20.4 Å². The van der Waals surface area contributed by atoms with Crippen LogP contribution < -0.4 is 5.43 Å². The maximum atomic E-state index is 13.0. The fourth-order valence-corrected chi connectivity index (χ4v) is 3.54. The van der Waals surface area contributed by atoms with Gasteiger partial charge in [-0.05, 0) is 60.9 Å². The predicted octanol–water partition coefficient (Wildman–Crippen LogP) is 5.21. The van der Waals surface area contributed by atoms with Gasteiger partial charge in [-0.2, -0.15) is 5.10 Å². The second kappa shape index (κ2) is 8.33. The van der Waals surface area contributed by atoms with Crippen molar-refractivity contribution in [2.75, 3.05) is 0 Å². The van der Waals surface area contributed by atoms with E-state index in [9.17, 15) is 9.18 Å². The van der Waals surface area contributed by atoms with Crippen LogP contribution in [0.15, 0.2) is 77.9 Å². The summed E-state index contributed by atoms with van der Waals surface area (Å²) in [5.74, 6) is -0.600. The minimum absolute atomic E-state index is 0.289. The first kappa shape index (κ1) is 19.6. The topological polar surface area (TPSA) is 46.4 Å². The smallest absolute Gasteiger partial charge is 0.271 e. The van der Waals surface area contributed by atoms with Crippen molar-refractivity contribution in [1.29, 1.82) is 0 Å². The Morgan fingerprint density at radius 3 is 2.50 bits per heavy atom. The van der Waals surface area contributed by atoms with Gasteiger partial charge in [-0.25, -0.2) is 9.82 Å². The van der Waals surface area contributed by atoms with Gasteiger partial charge in [0.25, 0.3) is 5.91 Å². The van der Waals surface area contributed by atoms with E-state index in [0.29, 0.717) is 11.1 Å². The van der Waals surface area contributed by atoms with Gasteiger partial charge in [0.05, 0.1) is 6.21 Å². The highest BCUT2D eigenvalue weighted by Gasteiger charge is 2.14. The molecule has 30 heavy (non-hydrogen) atoms. The maximum absolute atomic E-state index is 13.0. The van der Waals surface area contributed by atoms with E-state index in [0.717, 1.165) is 23.0 Å². The lowest BCUT2D eigenvalue weighted by atomic mass is 10.1. The zero-order valence-corrected chi connectivity index (χ0v) is 16.9. The number of benzene rings is 3. The summed E-state index contributed by atoms with van der Waals surface area (Å²) >= 11 is 0. The third-order valence-corrected chi connectivity index (χ3v) is 5.33. The lowest BCUT2D eigenvalue weighted by Crippen LogP contribution is -2.17. The van der Waals surface area contributed by atoms with Crippen LogP contribution >= 0.6 is 0 Å². The second-order valence-electron chi connectivity index (χ2n) is 7.26. The maximum Gasteiger partial charge on any atom is 0.271 e. The molecule has 0 aliphatic rings. The number of carbonyl (C=O) groups is 1. The number of hydrogen-bond donors (Lipinski definition) is 1. The van der Waals surface area contributed by atoms with Gasteiger partial charge in [0, 0.05) is 28.7 Å². The highest BCUT2D eigenvalue weighted by atomic mass is 19.1. The molecule has 0 spiro atoms. The first-order valence-electron chi connectivity index (χ1n) is 9.75. The highest BCUT2D eigenvalue weighted by Crippen LogP contribution is 2.27. The number of amides is 1. The summed E-state index contributed by atoms with van der Waals surface area (Å²) in [5.41, 5.74) is 8.45. The molecule has 0 fully saturated rings. The van der Waals surface area contributed by atoms with E-state index in [1.54, 1.807) is 12.1 Å². The molecule has 4 aromatic rings. The number of aromatic nitrogens is 1. The molecular formula is C25H22FN3O. The molecule has 4 rings (SSSR count). The van der Waals surface area contributed by atoms with Crippen LogP contribution in [-0.2, 0) is 6.54 Å². The summed E-state index contributed by atoms with van der Waals surface area (Å²) in [4.78, 5) is 12.5. The zero-order valence-electron chi connectivity index (χ0n) is 16.9. The molecule has 0 unspecified atom stereocenters.